The Labute approximate surface area is 325 Å². The molecule has 298 valence electrons. The molecular formula is C41H50FN7O7. The highest BCUT2D eigenvalue weighted by Crippen LogP contribution is 2.41. The van der Waals surface area contributed by atoms with Crippen molar-refractivity contribution in [2.75, 3.05) is 40.5 Å². The van der Waals surface area contributed by atoms with Crippen molar-refractivity contribution in [1.82, 2.24) is 35.5 Å². The van der Waals surface area contributed by atoms with E-state index in [2.05, 4.69) is 25.6 Å². The van der Waals surface area contributed by atoms with Crippen molar-refractivity contribution < 1.29 is 37.7 Å². The van der Waals surface area contributed by atoms with Gasteiger partial charge < -0.3 is 44.4 Å². The van der Waals surface area contributed by atoms with Crippen molar-refractivity contribution in [2.24, 2.45) is 5.92 Å². The molecule has 2 saturated heterocycles. The zero-order valence-corrected chi connectivity index (χ0v) is 32.1. The van der Waals surface area contributed by atoms with Crippen LogP contribution < -0.4 is 15.4 Å². The van der Waals surface area contributed by atoms with Crippen LogP contribution in [0.1, 0.15) is 80.7 Å². The van der Waals surface area contributed by atoms with Crippen molar-refractivity contribution in [2.45, 2.75) is 82.9 Å². The summed E-state index contributed by atoms with van der Waals surface area (Å²) in [5.41, 5.74) is 4.29. The number of carbonyl (C=O) groups is 3. The third-order valence-electron chi connectivity index (χ3n) is 11.0. The van der Waals surface area contributed by atoms with Gasteiger partial charge in [0.05, 0.1) is 49.5 Å². The Hall–Kier alpha value is -5.28. The van der Waals surface area contributed by atoms with Gasteiger partial charge in [0.25, 0.3) is 0 Å². The molecule has 2 aromatic carbocycles. The average molecular weight is 772 g/mol. The third kappa shape index (κ3) is 8.89. The number of rotatable bonds is 14. The van der Waals surface area contributed by atoms with Gasteiger partial charge >= 0.3 is 6.09 Å². The zero-order valence-electron chi connectivity index (χ0n) is 32.1. The van der Waals surface area contributed by atoms with E-state index in [1.807, 2.05) is 30.0 Å². The summed E-state index contributed by atoms with van der Waals surface area (Å²) < 4.78 is 37.4. The third-order valence-corrected chi connectivity index (χ3v) is 11.0. The van der Waals surface area contributed by atoms with Gasteiger partial charge in [0.1, 0.15) is 35.0 Å². The van der Waals surface area contributed by atoms with Gasteiger partial charge in [-0.3, -0.25) is 9.59 Å². The maximum atomic E-state index is 15.6. The van der Waals surface area contributed by atoms with Crippen LogP contribution in [0.15, 0.2) is 42.7 Å². The van der Waals surface area contributed by atoms with E-state index in [4.69, 9.17) is 23.9 Å². The van der Waals surface area contributed by atoms with Gasteiger partial charge in [0.2, 0.25) is 11.8 Å². The molecule has 2 aromatic heterocycles. The Morgan fingerprint density at radius 2 is 1.80 bits per heavy atom. The number of methoxy groups -OCH3 is 2. The number of nitrogens with one attached hydrogen (secondary N) is 4. The summed E-state index contributed by atoms with van der Waals surface area (Å²) in [6, 6.07) is 8.17. The number of benzene rings is 2. The number of hydrogen-bond donors (Lipinski definition) is 4. The fourth-order valence-electron chi connectivity index (χ4n) is 7.79. The van der Waals surface area contributed by atoms with E-state index in [1.165, 1.54) is 13.2 Å². The van der Waals surface area contributed by atoms with Crippen LogP contribution in [0, 0.1) is 11.7 Å². The summed E-state index contributed by atoms with van der Waals surface area (Å²) in [6.07, 6.45) is 8.67. The Morgan fingerprint density at radius 3 is 2.61 bits per heavy atom. The van der Waals surface area contributed by atoms with Crippen LogP contribution >= 0.6 is 0 Å². The number of ether oxygens (including phenoxy) is 4. The molecule has 4 aromatic rings. The first-order valence-electron chi connectivity index (χ1n) is 19.5. The topological polar surface area (TPSA) is 173 Å². The van der Waals surface area contributed by atoms with Gasteiger partial charge in [-0.2, -0.15) is 0 Å². The number of nitrogens with zero attached hydrogens (tertiary/aromatic N) is 3. The normalized spacial score (nSPS) is 17.7. The van der Waals surface area contributed by atoms with Gasteiger partial charge in [0.15, 0.2) is 0 Å². The molecule has 0 bridgehead atoms. The second-order valence-electron chi connectivity index (χ2n) is 14.8. The summed E-state index contributed by atoms with van der Waals surface area (Å²) >= 11 is 0. The summed E-state index contributed by atoms with van der Waals surface area (Å²) in [5.74, 6) is 2.12. The minimum absolute atomic E-state index is 0.0326. The molecule has 0 saturated carbocycles. The number of H-pyrrole nitrogens is 2. The first-order valence-corrected chi connectivity index (χ1v) is 19.5. The number of alkyl carbamates (subject to hydrolysis) is 1. The predicted molar refractivity (Wildman–Crippen MR) is 204 cm³/mol. The molecule has 15 heteroatoms. The van der Waals surface area contributed by atoms with Gasteiger partial charge in [0, 0.05) is 62.9 Å². The highest BCUT2D eigenvalue weighted by molar-refractivity contribution is 5.86. The van der Waals surface area contributed by atoms with Crippen LogP contribution in [0.3, 0.4) is 0 Å². The highest BCUT2D eigenvalue weighted by Gasteiger charge is 2.40. The molecule has 4 N–H and O–H groups in total. The summed E-state index contributed by atoms with van der Waals surface area (Å²) in [5, 5.41) is 5.70. The molecule has 56 heavy (non-hydrogen) atoms. The Balaban J connectivity index is 0.984. The Kier molecular flexibility index (Phi) is 12.3. The number of imidazole rings is 2. The van der Waals surface area contributed by atoms with E-state index in [-0.39, 0.29) is 35.7 Å². The predicted octanol–water partition coefficient (Wildman–Crippen LogP) is 5.98. The zero-order chi connectivity index (χ0) is 39.2. The quantitative estimate of drug-likeness (QED) is 0.0992. The summed E-state index contributed by atoms with van der Waals surface area (Å²) in [4.78, 5) is 55.9. The fraction of sp³-hybridized carbons (Fsp3) is 0.488. The molecular weight excluding hydrogens is 721 g/mol. The van der Waals surface area contributed by atoms with Crippen LogP contribution in [0.4, 0.5) is 9.18 Å². The largest absolute Gasteiger partial charge is 0.457 e. The lowest BCUT2D eigenvalue weighted by Crippen LogP contribution is -2.53. The summed E-state index contributed by atoms with van der Waals surface area (Å²) in [6.45, 7) is 4.09. The molecule has 3 unspecified atom stereocenters. The van der Waals surface area contributed by atoms with E-state index in [0.29, 0.717) is 87.0 Å². The molecule has 14 nitrogen and oxygen atoms in total. The SMILES string of the molecule is COC(=O)NC(C(=O)N1CCCC1c1ncc(-c2ccc3c(c2)Cc2cc(F)c(-c4cnc(CCCCNC(=O)CC(C)OC)[nH]4)cc2O3)[nH]1)C1CCOCC1. The van der Waals surface area contributed by atoms with E-state index in [9.17, 15) is 14.4 Å². The van der Waals surface area contributed by atoms with Crippen molar-refractivity contribution in [3.63, 3.8) is 0 Å². The van der Waals surface area contributed by atoms with E-state index >= 15 is 4.39 Å². The second-order valence-corrected chi connectivity index (χ2v) is 14.8. The monoisotopic (exact) mass is 771 g/mol. The minimum Gasteiger partial charge on any atom is -0.457 e. The molecule has 3 aliphatic rings. The summed E-state index contributed by atoms with van der Waals surface area (Å²) in [7, 11) is 2.88. The molecule has 2 fully saturated rings. The first kappa shape index (κ1) is 39.0. The lowest BCUT2D eigenvalue weighted by molar-refractivity contribution is -0.136. The van der Waals surface area contributed by atoms with Crippen molar-refractivity contribution in [1.29, 1.82) is 0 Å². The van der Waals surface area contributed by atoms with Crippen LogP contribution in [-0.4, -0.2) is 95.4 Å². The molecule has 7 rings (SSSR count). The second kappa shape index (κ2) is 17.7. The lowest BCUT2D eigenvalue weighted by Gasteiger charge is -2.34. The molecule has 3 amide bonds. The number of unbranched alkanes of at least 4 members (excludes halogenated alkanes) is 1. The lowest BCUT2D eigenvalue weighted by atomic mass is 9.90. The van der Waals surface area contributed by atoms with Crippen LogP contribution in [0.2, 0.25) is 0 Å². The van der Waals surface area contributed by atoms with E-state index in [0.717, 1.165) is 53.9 Å². The molecule has 0 spiro atoms. The van der Waals surface area contributed by atoms with Gasteiger partial charge in [-0.15, -0.1) is 0 Å². The van der Waals surface area contributed by atoms with Crippen molar-refractivity contribution >= 4 is 17.9 Å². The number of likely N-dealkylation sites (tertiary alicyclic amines) is 1. The van der Waals surface area contributed by atoms with Gasteiger partial charge in [-0.1, -0.05) is 0 Å². The number of halogens is 1. The maximum absolute atomic E-state index is 15.6. The van der Waals surface area contributed by atoms with Crippen molar-refractivity contribution in [3.8, 4) is 34.0 Å². The number of fused-ring (bicyclic) bond motifs is 2. The number of aromatic amines is 2. The number of aromatic nitrogens is 4. The van der Waals surface area contributed by atoms with E-state index in [1.54, 1.807) is 25.6 Å². The Bertz CT molecular complexity index is 2030. The number of hydrogen-bond acceptors (Lipinski definition) is 9. The first-order chi connectivity index (χ1) is 27.2. The molecule has 0 radical (unpaired) electrons. The standard InChI is InChI=1S/C41H50FN7O7/c1-24(53-2)17-37(50)43-13-5-4-8-36-44-23-32(46-36)29-21-35-28(20-30(29)42)19-27-18-26(9-10-34(27)56-35)31-22-45-39(47-31)33-7-6-14-49(33)40(51)38(48-41(52)54-3)25-11-15-55-16-12-25/h9-10,18,20-25,33,38H,4-8,11-17,19H2,1-3H3,(H,43,50)(H,44,46)(H,45,47)(H,48,52). The molecule has 0 aliphatic carbocycles. The van der Waals surface area contributed by atoms with Crippen molar-refractivity contribution in [3.05, 3.63) is 71.3 Å². The van der Waals surface area contributed by atoms with Crippen LogP contribution in [0.25, 0.3) is 22.5 Å². The number of amides is 3. The average Bonchev–Trinajstić information content (AvgIpc) is 4.00. The maximum Gasteiger partial charge on any atom is 0.407 e. The minimum atomic E-state index is -0.707. The smallest absolute Gasteiger partial charge is 0.407 e. The Morgan fingerprint density at radius 1 is 1.00 bits per heavy atom. The van der Waals surface area contributed by atoms with Crippen LogP contribution in [-0.2, 0) is 36.6 Å². The highest BCUT2D eigenvalue weighted by atomic mass is 19.1. The molecule has 5 heterocycles. The fourth-order valence-corrected chi connectivity index (χ4v) is 7.79. The van der Waals surface area contributed by atoms with Gasteiger partial charge in [-0.05, 0) is 87.3 Å². The molecule has 3 aliphatic heterocycles. The van der Waals surface area contributed by atoms with Gasteiger partial charge in [-0.25, -0.2) is 19.2 Å². The van der Waals surface area contributed by atoms with Crippen LogP contribution in [0.5, 0.6) is 11.5 Å². The molecule has 3 atom stereocenters. The number of aryl methyl sites for hydroxylation is 1. The van der Waals surface area contributed by atoms with E-state index < -0.39 is 12.1 Å². The number of carbonyl (C=O) groups excluding carboxylic acids is 3.